The number of rotatable bonds is 3. The van der Waals surface area contributed by atoms with Crippen LogP contribution in [-0.2, 0) is 4.79 Å². The van der Waals surface area contributed by atoms with Crippen molar-refractivity contribution in [1.29, 1.82) is 0 Å². The Morgan fingerprint density at radius 1 is 1.62 bits per heavy atom. The van der Waals surface area contributed by atoms with E-state index in [1.54, 1.807) is 0 Å². The summed E-state index contributed by atoms with van der Waals surface area (Å²) < 4.78 is 0. The topological polar surface area (TPSA) is 29.1 Å². The molecular weight excluding hydrogens is 162 g/mol. The third kappa shape index (κ3) is 2.33. The highest BCUT2D eigenvalue weighted by Gasteiger charge is 2.31. The molecule has 3 unspecified atom stereocenters. The molecule has 0 spiro atoms. The van der Waals surface area contributed by atoms with E-state index in [1.807, 2.05) is 0 Å². The molecule has 1 amide bonds. The molecule has 0 aliphatic heterocycles. The molecule has 74 valence electrons. The average molecular weight is 181 g/mol. The molecular formula is C11H19NO. The Morgan fingerprint density at radius 3 is 2.77 bits per heavy atom. The lowest BCUT2D eigenvalue weighted by atomic mass is 9.93. The fourth-order valence-corrected chi connectivity index (χ4v) is 2.27. The van der Waals surface area contributed by atoms with Gasteiger partial charge in [-0.2, -0.15) is 0 Å². The fourth-order valence-electron chi connectivity index (χ4n) is 2.27. The van der Waals surface area contributed by atoms with Crippen LogP contribution >= 0.6 is 0 Å². The number of amides is 1. The molecule has 1 aliphatic rings. The van der Waals surface area contributed by atoms with Crippen LogP contribution in [0.2, 0.25) is 0 Å². The molecule has 0 aromatic rings. The van der Waals surface area contributed by atoms with Gasteiger partial charge in [0, 0.05) is 6.04 Å². The van der Waals surface area contributed by atoms with Crippen LogP contribution in [0.25, 0.3) is 0 Å². The second-order valence-electron chi connectivity index (χ2n) is 3.92. The Morgan fingerprint density at radius 2 is 2.31 bits per heavy atom. The molecule has 2 heteroatoms. The lowest BCUT2D eigenvalue weighted by molar-refractivity contribution is -0.117. The zero-order chi connectivity index (χ0) is 9.84. The van der Waals surface area contributed by atoms with Gasteiger partial charge in [-0.25, -0.2) is 0 Å². The summed E-state index contributed by atoms with van der Waals surface area (Å²) in [5, 5.41) is 2.99. The molecule has 2 nitrogen and oxygen atoms in total. The van der Waals surface area contributed by atoms with Gasteiger partial charge < -0.3 is 5.32 Å². The standard InChI is InChI=1S/C11H19NO/c1-4-9-6-7-10(8(9)3)12-11(13)5-2/h5,8-10H,2,4,6-7H2,1,3H3,(H,12,13). The highest BCUT2D eigenvalue weighted by Crippen LogP contribution is 2.33. The van der Waals surface area contributed by atoms with Crippen molar-refractivity contribution in [3.63, 3.8) is 0 Å². The molecule has 1 aliphatic carbocycles. The van der Waals surface area contributed by atoms with E-state index in [9.17, 15) is 4.79 Å². The van der Waals surface area contributed by atoms with Gasteiger partial charge in [-0.05, 0) is 30.8 Å². The maximum Gasteiger partial charge on any atom is 0.243 e. The van der Waals surface area contributed by atoms with Gasteiger partial charge in [-0.15, -0.1) is 0 Å². The van der Waals surface area contributed by atoms with Gasteiger partial charge in [0.05, 0.1) is 0 Å². The zero-order valence-corrected chi connectivity index (χ0v) is 8.55. The molecule has 1 rings (SSSR count). The van der Waals surface area contributed by atoms with Gasteiger partial charge in [0.15, 0.2) is 0 Å². The van der Waals surface area contributed by atoms with Crippen LogP contribution in [0.15, 0.2) is 12.7 Å². The Bertz CT molecular complexity index is 200. The van der Waals surface area contributed by atoms with E-state index in [4.69, 9.17) is 0 Å². The van der Waals surface area contributed by atoms with E-state index in [2.05, 4.69) is 25.7 Å². The van der Waals surface area contributed by atoms with Crippen molar-refractivity contribution in [3.05, 3.63) is 12.7 Å². The lowest BCUT2D eigenvalue weighted by Gasteiger charge is -2.20. The molecule has 1 fully saturated rings. The molecule has 0 bridgehead atoms. The van der Waals surface area contributed by atoms with Gasteiger partial charge in [0.25, 0.3) is 0 Å². The minimum Gasteiger partial charge on any atom is -0.350 e. The van der Waals surface area contributed by atoms with E-state index < -0.39 is 0 Å². The first-order valence-corrected chi connectivity index (χ1v) is 5.12. The van der Waals surface area contributed by atoms with Crippen molar-refractivity contribution in [2.24, 2.45) is 11.8 Å². The Labute approximate surface area is 80.4 Å². The maximum absolute atomic E-state index is 11.1. The second-order valence-corrected chi connectivity index (χ2v) is 3.92. The first-order chi connectivity index (χ1) is 6.19. The van der Waals surface area contributed by atoms with Crippen molar-refractivity contribution in [3.8, 4) is 0 Å². The monoisotopic (exact) mass is 181 g/mol. The second kappa shape index (κ2) is 4.45. The quantitative estimate of drug-likeness (QED) is 0.664. The van der Waals surface area contributed by atoms with Crippen LogP contribution in [0.1, 0.15) is 33.1 Å². The summed E-state index contributed by atoms with van der Waals surface area (Å²) in [5.74, 6) is 1.37. The van der Waals surface area contributed by atoms with Crippen molar-refractivity contribution in [1.82, 2.24) is 5.32 Å². The molecule has 1 saturated carbocycles. The van der Waals surface area contributed by atoms with Crippen molar-refractivity contribution >= 4 is 5.91 Å². The first-order valence-electron chi connectivity index (χ1n) is 5.12. The molecule has 0 aromatic heterocycles. The lowest BCUT2D eigenvalue weighted by Crippen LogP contribution is -2.36. The minimum atomic E-state index is -0.0337. The normalized spacial score (nSPS) is 32.9. The van der Waals surface area contributed by atoms with Crippen molar-refractivity contribution in [2.45, 2.75) is 39.2 Å². The number of hydrogen-bond donors (Lipinski definition) is 1. The van der Waals surface area contributed by atoms with Gasteiger partial charge in [-0.3, -0.25) is 4.79 Å². The van der Waals surface area contributed by atoms with Gasteiger partial charge >= 0.3 is 0 Å². The molecule has 0 saturated heterocycles. The molecule has 3 atom stereocenters. The van der Waals surface area contributed by atoms with Crippen LogP contribution in [0.3, 0.4) is 0 Å². The summed E-state index contributed by atoms with van der Waals surface area (Å²) in [6.45, 7) is 7.91. The Kier molecular flexibility index (Phi) is 3.52. The van der Waals surface area contributed by atoms with E-state index in [0.717, 1.165) is 12.3 Å². The summed E-state index contributed by atoms with van der Waals surface area (Å²) in [6, 6.07) is 0.371. The van der Waals surface area contributed by atoms with E-state index in [0.29, 0.717) is 12.0 Å². The highest BCUT2D eigenvalue weighted by molar-refractivity contribution is 5.87. The Balaban J connectivity index is 2.45. The van der Waals surface area contributed by atoms with Gasteiger partial charge in [0.1, 0.15) is 0 Å². The summed E-state index contributed by atoms with van der Waals surface area (Å²) in [4.78, 5) is 11.1. The van der Waals surface area contributed by atoms with Crippen molar-refractivity contribution < 1.29 is 4.79 Å². The minimum absolute atomic E-state index is 0.0337. The zero-order valence-electron chi connectivity index (χ0n) is 8.55. The van der Waals surface area contributed by atoms with Crippen LogP contribution in [0, 0.1) is 11.8 Å². The molecule has 1 N–H and O–H groups in total. The highest BCUT2D eigenvalue weighted by atomic mass is 16.1. The number of carbonyl (C=O) groups excluding carboxylic acids is 1. The molecule has 13 heavy (non-hydrogen) atoms. The van der Waals surface area contributed by atoms with Crippen LogP contribution < -0.4 is 5.32 Å². The number of nitrogens with one attached hydrogen (secondary N) is 1. The molecule has 0 radical (unpaired) electrons. The number of hydrogen-bond acceptors (Lipinski definition) is 1. The summed E-state index contributed by atoms with van der Waals surface area (Å²) in [6.07, 6.45) is 4.95. The van der Waals surface area contributed by atoms with E-state index >= 15 is 0 Å². The van der Waals surface area contributed by atoms with Crippen LogP contribution in [-0.4, -0.2) is 11.9 Å². The maximum atomic E-state index is 11.1. The van der Waals surface area contributed by atoms with Crippen molar-refractivity contribution in [2.75, 3.05) is 0 Å². The first kappa shape index (κ1) is 10.3. The van der Waals surface area contributed by atoms with E-state index in [1.165, 1.54) is 18.9 Å². The van der Waals surface area contributed by atoms with E-state index in [-0.39, 0.29) is 5.91 Å². The van der Waals surface area contributed by atoms with Crippen LogP contribution in [0.4, 0.5) is 0 Å². The molecule has 0 aromatic carbocycles. The average Bonchev–Trinajstić information content (AvgIpc) is 2.48. The summed E-state index contributed by atoms with van der Waals surface area (Å²) in [7, 11) is 0. The summed E-state index contributed by atoms with van der Waals surface area (Å²) >= 11 is 0. The largest absolute Gasteiger partial charge is 0.350 e. The SMILES string of the molecule is C=CC(=O)NC1CCC(CC)C1C. The predicted molar refractivity (Wildman–Crippen MR) is 54.3 cm³/mol. The number of carbonyl (C=O) groups is 1. The van der Waals surface area contributed by atoms with Gasteiger partial charge in [-0.1, -0.05) is 26.8 Å². The molecule has 0 heterocycles. The Hall–Kier alpha value is -0.790. The van der Waals surface area contributed by atoms with Crippen LogP contribution in [0.5, 0.6) is 0 Å². The third-order valence-electron chi connectivity index (χ3n) is 3.26. The summed E-state index contributed by atoms with van der Waals surface area (Å²) in [5.41, 5.74) is 0. The third-order valence-corrected chi connectivity index (χ3v) is 3.26. The van der Waals surface area contributed by atoms with Gasteiger partial charge in [0.2, 0.25) is 5.91 Å². The smallest absolute Gasteiger partial charge is 0.243 e. The fraction of sp³-hybridized carbons (Fsp3) is 0.727. The predicted octanol–water partition coefficient (Wildman–Crippen LogP) is 2.11.